The van der Waals surface area contributed by atoms with Gasteiger partial charge in [0.25, 0.3) is 5.91 Å². The number of piperidine rings is 1. The van der Waals surface area contributed by atoms with Crippen LogP contribution in [-0.2, 0) is 13.0 Å². The van der Waals surface area contributed by atoms with Crippen LogP contribution < -0.4 is 0 Å². The van der Waals surface area contributed by atoms with Crippen molar-refractivity contribution >= 4 is 11.7 Å². The van der Waals surface area contributed by atoms with Crippen LogP contribution in [0, 0.1) is 5.82 Å². The summed E-state index contributed by atoms with van der Waals surface area (Å²) in [6.45, 7) is 3.54. The van der Waals surface area contributed by atoms with Crippen LogP contribution in [0.25, 0.3) is 0 Å². The molecule has 1 amide bonds. The summed E-state index contributed by atoms with van der Waals surface area (Å²) in [5.74, 6) is -0.0759. The second-order valence-corrected chi connectivity index (χ2v) is 8.83. The average Bonchev–Trinajstić information content (AvgIpc) is 3.12. The predicted molar refractivity (Wildman–Crippen MR) is 119 cm³/mol. The maximum absolute atomic E-state index is 13.2. The number of fused-ring (bicyclic) bond motifs is 1. The molecule has 5 nitrogen and oxygen atoms in total. The molecule has 1 saturated heterocycles. The van der Waals surface area contributed by atoms with Crippen LogP contribution >= 0.6 is 0 Å². The lowest BCUT2D eigenvalue weighted by atomic mass is 9.94. The van der Waals surface area contributed by atoms with Gasteiger partial charge in [-0.15, -0.1) is 0 Å². The molecule has 0 saturated carbocycles. The number of halogens is 1. The van der Waals surface area contributed by atoms with Gasteiger partial charge >= 0.3 is 0 Å². The highest BCUT2D eigenvalue weighted by Gasteiger charge is 2.29. The van der Waals surface area contributed by atoms with Gasteiger partial charge in [0.1, 0.15) is 5.82 Å². The van der Waals surface area contributed by atoms with E-state index in [9.17, 15) is 14.0 Å². The number of aromatic nitrogens is 1. The van der Waals surface area contributed by atoms with E-state index in [0.717, 1.165) is 82.4 Å². The zero-order valence-electron chi connectivity index (χ0n) is 18.4. The summed E-state index contributed by atoms with van der Waals surface area (Å²) in [5.41, 5.74) is 2.61. The summed E-state index contributed by atoms with van der Waals surface area (Å²) >= 11 is 0. The molecule has 1 aromatic carbocycles. The van der Waals surface area contributed by atoms with Gasteiger partial charge in [-0.3, -0.25) is 14.5 Å². The fourth-order valence-corrected chi connectivity index (χ4v) is 4.94. The first-order valence-corrected chi connectivity index (χ1v) is 11.5. The number of hydrogen-bond acceptors (Lipinski definition) is 3. The first kappa shape index (κ1) is 21.8. The summed E-state index contributed by atoms with van der Waals surface area (Å²) in [6.07, 6.45) is 9.06. The predicted octanol–water partition coefficient (Wildman–Crippen LogP) is 4.16. The lowest BCUT2D eigenvalue weighted by Crippen LogP contribution is -2.45. The van der Waals surface area contributed by atoms with Crippen molar-refractivity contribution in [3.8, 4) is 0 Å². The molecule has 2 aliphatic rings. The number of Topliss-reactive ketones (excluding diaryl/α,β-unsaturated/α-hetero) is 1. The van der Waals surface area contributed by atoms with E-state index in [-0.39, 0.29) is 23.5 Å². The van der Waals surface area contributed by atoms with Crippen molar-refractivity contribution in [2.24, 2.45) is 0 Å². The standard InChI is InChI=1S/C25H32FN3O2/c1-27-14-6-8-22-21(25(27)31)13-18-29(22)17-5-4-16-28-15-3-2-7-23(28)24(30)19-9-11-20(26)12-10-19/h9-13,18,23H,2-8,14-17H2,1H3. The fraction of sp³-hybridized carbons (Fsp3) is 0.520. The molecular weight excluding hydrogens is 393 g/mol. The molecule has 0 aliphatic carbocycles. The highest BCUT2D eigenvalue weighted by molar-refractivity contribution is 6.00. The smallest absolute Gasteiger partial charge is 0.255 e. The molecule has 2 aromatic rings. The van der Waals surface area contributed by atoms with Crippen molar-refractivity contribution in [1.82, 2.24) is 14.4 Å². The number of unbranched alkanes of at least 4 members (excludes halogenated alkanes) is 1. The van der Waals surface area contributed by atoms with Crippen molar-refractivity contribution < 1.29 is 14.0 Å². The molecule has 6 heteroatoms. The van der Waals surface area contributed by atoms with Crippen molar-refractivity contribution in [2.75, 3.05) is 26.7 Å². The molecule has 3 heterocycles. The molecule has 4 rings (SSSR count). The van der Waals surface area contributed by atoms with Crippen LogP contribution in [0.15, 0.2) is 36.5 Å². The van der Waals surface area contributed by atoms with Crippen molar-refractivity contribution in [3.05, 3.63) is 59.2 Å². The van der Waals surface area contributed by atoms with Gasteiger partial charge in [-0.25, -0.2) is 4.39 Å². The van der Waals surface area contributed by atoms with Gasteiger partial charge in [0, 0.05) is 37.6 Å². The van der Waals surface area contributed by atoms with Gasteiger partial charge < -0.3 is 9.47 Å². The minimum absolute atomic E-state index is 0.102. The minimum Gasteiger partial charge on any atom is -0.351 e. The second-order valence-electron chi connectivity index (χ2n) is 8.83. The van der Waals surface area contributed by atoms with Crippen molar-refractivity contribution in [2.45, 2.75) is 57.5 Å². The normalized spacial score (nSPS) is 19.9. The Morgan fingerprint density at radius 2 is 1.81 bits per heavy atom. The van der Waals surface area contributed by atoms with Gasteiger partial charge in [0.05, 0.1) is 11.6 Å². The molecule has 166 valence electrons. The summed E-state index contributed by atoms with van der Waals surface area (Å²) in [6, 6.07) is 7.78. The third kappa shape index (κ3) is 4.90. The summed E-state index contributed by atoms with van der Waals surface area (Å²) in [5, 5.41) is 0. The fourth-order valence-electron chi connectivity index (χ4n) is 4.94. The van der Waals surface area contributed by atoms with E-state index < -0.39 is 0 Å². The Morgan fingerprint density at radius 1 is 1.03 bits per heavy atom. The quantitative estimate of drug-likeness (QED) is 0.494. The molecule has 0 spiro atoms. The van der Waals surface area contributed by atoms with Gasteiger partial charge in [-0.2, -0.15) is 0 Å². The minimum atomic E-state index is -0.312. The average molecular weight is 426 g/mol. The van der Waals surface area contributed by atoms with E-state index >= 15 is 0 Å². The number of amides is 1. The molecule has 31 heavy (non-hydrogen) atoms. The van der Waals surface area contributed by atoms with Crippen LogP contribution in [0.1, 0.15) is 64.9 Å². The largest absolute Gasteiger partial charge is 0.351 e. The molecule has 0 radical (unpaired) electrons. The number of aryl methyl sites for hydroxylation is 1. The maximum atomic E-state index is 13.2. The lowest BCUT2D eigenvalue weighted by molar-refractivity contribution is 0.0741. The zero-order chi connectivity index (χ0) is 21.8. The molecule has 2 aliphatic heterocycles. The Kier molecular flexibility index (Phi) is 6.86. The number of hydrogen-bond donors (Lipinski definition) is 0. The van der Waals surface area contributed by atoms with E-state index in [1.807, 2.05) is 24.2 Å². The van der Waals surface area contributed by atoms with E-state index in [1.54, 1.807) is 12.1 Å². The summed E-state index contributed by atoms with van der Waals surface area (Å²) < 4.78 is 15.5. The second kappa shape index (κ2) is 9.77. The Morgan fingerprint density at radius 3 is 2.61 bits per heavy atom. The molecule has 1 atom stereocenters. The monoisotopic (exact) mass is 425 g/mol. The third-order valence-corrected chi connectivity index (χ3v) is 6.70. The molecule has 0 N–H and O–H groups in total. The SMILES string of the molecule is CN1CCCc2c(ccn2CCCCN2CCCCC2C(=O)c2ccc(F)cc2)C1=O. The van der Waals surface area contributed by atoms with Gasteiger partial charge in [0.2, 0.25) is 0 Å². The first-order chi connectivity index (χ1) is 15.0. The maximum Gasteiger partial charge on any atom is 0.255 e. The van der Waals surface area contributed by atoms with Crippen LogP contribution in [0.5, 0.6) is 0 Å². The Balaban J connectivity index is 1.33. The van der Waals surface area contributed by atoms with Crippen LogP contribution in [-0.4, -0.2) is 58.8 Å². The molecule has 1 aromatic heterocycles. The number of carbonyl (C=O) groups is 2. The molecule has 1 fully saturated rings. The van der Waals surface area contributed by atoms with E-state index in [2.05, 4.69) is 9.47 Å². The Hall–Kier alpha value is -2.47. The van der Waals surface area contributed by atoms with Crippen LogP contribution in [0.2, 0.25) is 0 Å². The van der Waals surface area contributed by atoms with Crippen LogP contribution in [0.3, 0.4) is 0 Å². The number of rotatable bonds is 7. The van der Waals surface area contributed by atoms with Crippen LogP contribution in [0.4, 0.5) is 4.39 Å². The van der Waals surface area contributed by atoms with Gasteiger partial charge in [-0.1, -0.05) is 6.42 Å². The van der Waals surface area contributed by atoms with E-state index in [4.69, 9.17) is 0 Å². The topological polar surface area (TPSA) is 45.5 Å². The number of nitrogens with zero attached hydrogens (tertiary/aromatic N) is 3. The molecular formula is C25H32FN3O2. The summed E-state index contributed by atoms with van der Waals surface area (Å²) in [4.78, 5) is 29.6. The van der Waals surface area contributed by atoms with Crippen molar-refractivity contribution in [1.29, 1.82) is 0 Å². The number of likely N-dealkylation sites (tertiary alicyclic amines) is 1. The van der Waals surface area contributed by atoms with E-state index in [1.165, 1.54) is 12.1 Å². The first-order valence-electron chi connectivity index (χ1n) is 11.5. The lowest BCUT2D eigenvalue weighted by Gasteiger charge is -2.34. The Labute approximate surface area is 183 Å². The van der Waals surface area contributed by atoms with Gasteiger partial charge in [-0.05, 0) is 81.9 Å². The summed E-state index contributed by atoms with van der Waals surface area (Å²) in [7, 11) is 1.87. The number of ketones is 1. The molecule has 0 bridgehead atoms. The van der Waals surface area contributed by atoms with E-state index in [0.29, 0.717) is 5.56 Å². The van der Waals surface area contributed by atoms with Crippen molar-refractivity contribution in [3.63, 3.8) is 0 Å². The number of carbonyl (C=O) groups excluding carboxylic acids is 2. The zero-order valence-corrected chi connectivity index (χ0v) is 18.4. The van der Waals surface area contributed by atoms with Gasteiger partial charge in [0.15, 0.2) is 5.78 Å². The Bertz CT molecular complexity index is 921. The highest BCUT2D eigenvalue weighted by Crippen LogP contribution is 2.23. The number of benzene rings is 1. The highest BCUT2D eigenvalue weighted by atomic mass is 19.1. The molecule has 1 unspecified atom stereocenters. The third-order valence-electron chi connectivity index (χ3n) is 6.70.